The van der Waals surface area contributed by atoms with Gasteiger partial charge >= 0.3 is 5.97 Å². The molecule has 21 heavy (non-hydrogen) atoms. The molecule has 1 aliphatic carbocycles. The third kappa shape index (κ3) is 4.57. The fourth-order valence-corrected chi connectivity index (χ4v) is 2.80. The van der Waals surface area contributed by atoms with Gasteiger partial charge in [0.2, 0.25) is 0 Å². The minimum atomic E-state index is -0.400. The molecule has 0 bridgehead atoms. The molecule has 0 saturated heterocycles. The van der Waals surface area contributed by atoms with Crippen LogP contribution in [-0.2, 0) is 9.78 Å². The average molecular weight is 290 g/mol. The highest BCUT2D eigenvalue weighted by atomic mass is 17.2. The van der Waals surface area contributed by atoms with Gasteiger partial charge in [-0.15, -0.1) is 0 Å². The standard InChI is InChI=1S/C18H26O3/c1-4-14-5-11-17(12-6-14)20-21-18(19)16-9-7-15(8-10-16)13(2)3/h7-10,13-14,17H,4-6,11-12H2,1-3H3. The number of rotatable bonds is 5. The van der Waals surface area contributed by atoms with Gasteiger partial charge in [0.05, 0.1) is 5.56 Å². The first-order valence-corrected chi connectivity index (χ1v) is 8.07. The van der Waals surface area contributed by atoms with Gasteiger partial charge in [0.25, 0.3) is 0 Å². The van der Waals surface area contributed by atoms with Crippen LogP contribution in [0.4, 0.5) is 0 Å². The van der Waals surface area contributed by atoms with E-state index in [-0.39, 0.29) is 6.10 Å². The largest absolute Gasteiger partial charge is 0.373 e. The highest BCUT2D eigenvalue weighted by Gasteiger charge is 2.22. The maximum atomic E-state index is 11.9. The summed E-state index contributed by atoms with van der Waals surface area (Å²) in [4.78, 5) is 22.3. The fraction of sp³-hybridized carbons (Fsp3) is 0.611. The molecule has 1 fully saturated rings. The van der Waals surface area contributed by atoms with Crippen molar-refractivity contribution in [1.82, 2.24) is 0 Å². The molecular weight excluding hydrogens is 264 g/mol. The zero-order valence-corrected chi connectivity index (χ0v) is 13.3. The fourth-order valence-electron chi connectivity index (χ4n) is 2.80. The second-order valence-corrected chi connectivity index (χ2v) is 6.29. The van der Waals surface area contributed by atoms with E-state index in [1.165, 1.54) is 24.8 Å². The Bertz CT molecular complexity index is 442. The van der Waals surface area contributed by atoms with Crippen molar-refractivity contribution in [3.05, 3.63) is 35.4 Å². The van der Waals surface area contributed by atoms with E-state index in [0.717, 1.165) is 18.8 Å². The Balaban J connectivity index is 1.79. The molecule has 2 rings (SSSR count). The highest BCUT2D eigenvalue weighted by molar-refractivity contribution is 5.88. The molecule has 0 amide bonds. The molecule has 0 spiro atoms. The second-order valence-electron chi connectivity index (χ2n) is 6.29. The lowest BCUT2D eigenvalue weighted by molar-refractivity contribution is -0.280. The molecule has 0 aromatic heterocycles. The number of hydrogen-bond acceptors (Lipinski definition) is 3. The highest BCUT2D eigenvalue weighted by Crippen LogP contribution is 2.28. The van der Waals surface area contributed by atoms with E-state index >= 15 is 0 Å². The summed E-state index contributed by atoms with van der Waals surface area (Å²) in [6.07, 6.45) is 5.60. The molecule has 1 aliphatic rings. The summed E-state index contributed by atoms with van der Waals surface area (Å²) in [6.45, 7) is 6.48. The Hall–Kier alpha value is -1.35. The van der Waals surface area contributed by atoms with Gasteiger partial charge in [-0.05, 0) is 55.2 Å². The van der Waals surface area contributed by atoms with Gasteiger partial charge < -0.3 is 0 Å². The summed E-state index contributed by atoms with van der Waals surface area (Å²) in [5, 5.41) is 0. The number of carbonyl (C=O) groups excluding carboxylic acids is 1. The van der Waals surface area contributed by atoms with Crippen LogP contribution in [0.5, 0.6) is 0 Å². The van der Waals surface area contributed by atoms with Gasteiger partial charge in [0.15, 0.2) is 0 Å². The van der Waals surface area contributed by atoms with Gasteiger partial charge in [-0.25, -0.2) is 4.79 Å². The maximum Gasteiger partial charge on any atom is 0.373 e. The van der Waals surface area contributed by atoms with Crippen molar-refractivity contribution in [3.63, 3.8) is 0 Å². The van der Waals surface area contributed by atoms with Crippen LogP contribution >= 0.6 is 0 Å². The Kier molecular flexibility index (Phi) is 5.80. The zero-order valence-electron chi connectivity index (χ0n) is 13.3. The molecule has 0 aliphatic heterocycles. The first-order valence-electron chi connectivity index (χ1n) is 8.07. The molecule has 1 aromatic rings. The normalized spacial score (nSPS) is 22.3. The smallest absolute Gasteiger partial charge is 0.293 e. The minimum Gasteiger partial charge on any atom is -0.293 e. The molecule has 0 N–H and O–H groups in total. The Labute approximate surface area is 127 Å². The zero-order chi connectivity index (χ0) is 15.2. The van der Waals surface area contributed by atoms with Crippen molar-refractivity contribution >= 4 is 5.97 Å². The van der Waals surface area contributed by atoms with E-state index in [0.29, 0.717) is 11.5 Å². The Morgan fingerprint density at radius 2 is 1.76 bits per heavy atom. The predicted octanol–water partition coefficient (Wildman–Crippen LogP) is 4.87. The third-order valence-corrected chi connectivity index (χ3v) is 4.44. The van der Waals surface area contributed by atoms with E-state index in [9.17, 15) is 4.79 Å². The summed E-state index contributed by atoms with van der Waals surface area (Å²) >= 11 is 0. The lowest BCUT2D eigenvalue weighted by Gasteiger charge is -2.26. The topological polar surface area (TPSA) is 35.5 Å². The van der Waals surface area contributed by atoms with Gasteiger partial charge in [-0.3, -0.25) is 4.89 Å². The molecule has 3 nitrogen and oxygen atoms in total. The van der Waals surface area contributed by atoms with Crippen molar-refractivity contribution in [3.8, 4) is 0 Å². The average Bonchev–Trinajstić information content (AvgIpc) is 2.53. The Morgan fingerprint density at radius 1 is 1.14 bits per heavy atom. The van der Waals surface area contributed by atoms with Crippen molar-refractivity contribution < 1.29 is 14.6 Å². The van der Waals surface area contributed by atoms with E-state index in [4.69, 9.17) is 9.78 Å². The molecule has 116 valence electrons. The first kappa shape index (κ1) is 16.0. The van der Waals surface area contributed by atoms with Crippen LogP contribution in [0.15, 0.2) is 24.3 Å². The van der Waals surface area contributed by atoms with E-state index < -0.39 is 5.97 Å². The first-order chi connectivity index (χ1) is 10.1. The van der Waals surface area contributed by atoms with Crippen LogP contribution in [-0.4, -0.2) is 12.1 Å². The van der Waals surface area contributed by atoms with Gasteiger partial charge in [0.1, 0.15) is 6.10 Å². The number of carbonyl (C=O) groups is 1. The van der Waals surface area contributed by atoms with Crippen LogP contribution in [0.3, 0.4) is 0 Å². The van der Waals surface area contributed by atoms with Crippen molar-refractivity contribution in [2.45, 2.75) is 64.9 Å². The molecule has 3 heteroatoms. The number of benzene rings is 1. The van der Waals surface area contributed by atoms with Crippen molar-refractivity contribution in [2.24, 2.45) is 5.92 Å². The molecule has 1 saturated carbocycles. The van der Waals surface area contributed by atoms with Crippen molar-refractivity contribution in [1.29, 1.82) is 0 Å². The predicted molar refractivity (Wildman–Crippen MR) is 83.1 cm³/mol. The number of hydrogen-bond donors (Lipinski definition) is 0. The van der Waals surface area contributed by atoms with Crippen LogP contribution in [0, 0.1) is 5.92 Å². The van der Waals surface area contributed by atoms with Gasteiger partial charge in [-0.1, -0.05) is 39.3 Å². The SMILES string of the molecule is CCC1CCC(OOC(=O)c2ccc(C(C)C)cc2)CC1. The molecule has 0 heterocycles. The molecule has 0 unspecified atom stereocenters. The molecule has 0 atom stereocenters. The lowest BCUT2D eigenvalue weighted by atomic mass is 9.86. The van der Waals surface area contributed by atoms with E-state index in [1.807, 2.05) is 12.1 Å². The van der Waals surface area contributed by atoms with Crippen LogP contribution in [0.1, 0.15) is 74.7 Å². The summed E-state index contributed by atoms with van der Waals surface area (Å²) in [6, 6.07) is 7.53. The van der Waals surface area contributed by atoms with Gasteiger partial charge in [-0.2, -0.15) is 4.89 Å². The molecule has 1 aromatic carbocycles. The minimum absolute atomic E-state index is 0.0617. The van der Waals surface area contributed by atoms with Crippen LogP contribution in [0.2, 0.25) is 0 Å². The van der Waals surface area contributed by atoms with E-state index in [1.54, 1.807) is 12.1 Å². The van der Waals surface area contributed by atoms with E-state index in [2.05, 4.69) is 20.8 Å². The Morgan fingerprint density at radius 3 is 2.29 bits per heavy atom. The molecular formula is C18H26O3. The maximum absolute atomic E-state index is 11.9. The van der Waals surface area contributed by atoms with Gasteiger partial charge in [0, 0.05) is 0 Å². The monoisotopic (exact) mass is 290 g/mol. The summed E-state index contributed by atoms with van der Waals surface area (Å²) in [5.41, 5.74) is 1.76. The molecule has 0 radical (unpaired) electrons. The summed E-state index contributed by atoms with van der Waals surface area (Å²) < 4.78 is 0. The lowest BCUT2D eigenvalue weighted by Crippen LogP contribution is -2.23. The van der Waals surface area contributed by atoms with Crippen LogP contribution in [0.25, 0.3) is 0 Å². The van der Waals surface area contributed by atoms with Crippen molar-refractivity contribution in [2.75, 3.05) is 0 Å². The summed E-state index contributed by atoms with van der Waals surface area (Å²) in [7, 11) is 0. The van der Waals surface area contributed by atoms with Crippen LogP contribution < -0.4 is 0 Å². The third-order valence-electron chi connectivity index (χ3n) is 4.44. The second kappa shape index (κ2) is 7.60. The summed E-state index contributed by atoms with van der Waals surface area (Å²) in [5.74, 6) is 0.868. The quantitative estimate of drug-likeness (QED) is 0.573.